The van der Waals surface area contributed by atoms with E-state index in [4.69, 9.17) is 4.74 Å². The summed E-state index contributed by atoms with van der Waals surface area (Å²) in [6.45, 7) is 10.2. The topological polar surface area (TPSA) is 9.23 Å². The fourth-order valence-electron chi connectivity index (χ4n) is 10.1. The molecule has 5 fully saturated rings. The maximum absolute atomic E-state index is 6.27. The van der Waals surface area contributed by atoms with Crippen LogP contribution in [0.25, 0.3) is 0 Å². The van der Waals surface area contributed by atoms with E-state index < -0.39 is 0 Å². The first-order valence-electron chi connectivity index (χ1n) is 12.6. The van der Waals surface area contributed by atoms with Crippen LogP contribution in [-0.4, -0.2) is 13.2 Å². The molecule has 0 amide bonds. The van der Waals surface area contributed by atoms with Gasteiger partial charge >= 0.3 is 0 Å². The van der Waals surface area contributed by atoms with Crippen molar-refractivity contribution in [2.24, 2.45) is 51.8 Å². The van der Waals surface area contributed by atoms with Gasteiger partial charge in [-0.3, -0.25) is 0 Å². The van der Waals surface area contributed by atoms with E-state index in [2.05, 4.69) is 39.8 Å². The van der Waals surface area contributed by atoms with Crippen molar-refractivity contribution in [1.82, 2.24) is 0 Å². The molecule has 0 heterocycles. The van der Waals surface area contributed by atoms with Crippen molar-refractivity contribution in [3.8, 4) is 0 Å². The second kappa shape index (κ2) is 6.60. The summed E-state index contributed by atoms with van der Waals surface area (Å²) in [5.41, 5.74) is 1.72. The molecule has 0 radical (unpaired) electrons. The fraction of sp³-hybridized carbons (Fsp3) is 0.926. The molecule has 28 heavy (non-hydrogen) atoms. The molecule has 5 saturated carbocycles. The Hall–Kier alpha value is -0.300. The minimum atomic E-state index is 0.550. The molecular weight excluding hydrogens is 340 g/mol. The highest BCUT2D eigenvalue weighted by molar-refractivity contribution is 5.26. The largest absolute Gasteiger partial charge is 0.381 e. The summed E-state index contributed by atoms with van der Waals surface area (Å²) in [6.07, 6.45) is 19.9. The highest BCUT2D eigenvalue weighted by Gasteiger charge is 2.77. The van der Waals surface area contributed by atoms with E-state index in [1.165, 1.54) is 64.2 Å². The van der Waals surface area contributed by atoms with Crippen LogP contribution in [0.1, 0.15) is 91.9 Å². The molecule has 0 aliphatic heterocycles. The van der Waals surface area contributed by atoms with E-state index in [0.29, 0.717) is 22.3 Å². The van der Waals surface area contributed by atoms with Gasteiger partial charge in [-0.2, -0.15) is 0 Å². The summed E-state index contributed by atoms with van der Waals surface area (Å²) in [5, 5.41) is 0. The summed E-state index contributed by atoms with van der Waals surface area (Å²) in [4.78, 5) is 0. The Morgan fingerprint density at radius 1 is 1.07 bits per heavy atom. The van der Waals surface area contributed by atoms with Gasteiger partial charge in [0.05, 0.1) is 6.10 Å². The SMILES string of the molecule is CCC/C=C/[C@@H](C)[C@H]1CC[C@H]2[C@@H]3C[C@@H](OC)[C@]45C[C@H]4CC[C@]5(C)[C@H]3CC[C@]12C. The van der Waals surface area contributed by atoms with Gasteiger partial charge in [0.2, 0.25) is 0 Å². The average molecular weight is 385 g/mol. The van der Waals surface area contributed by atoms with Gasteiger partial charge < -0.3 is 4.74 Å². The highest BCUT2D eigenvalue weighted by Crippen LogP contribution is 2.82. The van der Waals surface area contributed by atoms with E-state index in [1.54, 1.807) is 0 Å². The number of fused-ring (bicyclic) bond motifs is 4. The summed E-state index contributed by atoms with van der Waals surface area (Å²) in [5.74, 6) is 5.50. The number of ether oxygens (including phenoxy) is 1. The van der Waals surface area contributed by atoms with Gasteiger partial charge in [0.25, 0.3) is 0 Å². The quantitative estimate of drug-likeness (QED) is 0.453. The lowest BCUT2D eigenvalue weighted by molar-refractivity contribution is -0.160. The molecule has 10 atom stereocenters. The number of hydrogen-bond acceptors (Lipinski definition) is 1. The van der Waals surface area contributed by atoms with Crippen LogP contribution in [0.2, 0.25) is 0 Å². The highest BCUT2D eigenvalue weighted by atomic mass is 16.5. The van der Waals surface area contributed by atoms with Crippen LogP contribution in [0.5, 0.6) is 0 Å². The lowest BCUT2D eigenvalue weighted by Crippen LogP contribution is -2.57. The second-order valence-corrected chi connectivity index (χ2v) is 12.0. The van der Waals surface area contributed by atoms with Gasteiger partial charge in [-0.1, -0.05) is 46.3 Å². The predicted molar refractivity (Wildman–Crippen MR) is 117 cm³/mol. The Bertz CT molecular complexity index is 638. The Labute approximate surface area is 174 Å². The van der Waals surface area contributed by atoms with Crippen molar-refractivity contribution in [3.63, 3.8) is 0 Å². The number of rotatable bonds is 5. The molecule has 0 bridgehead atoms. The first kappa shape index (κ1) is 19.7. The third kappa shape index (κ3) is 2.35. The van der Waals surface area contributed by atoms with E-state index >= 15 is 0 Å². The van der Waals surface area contributed by atoms with Crippen molar-refractivity contribution in [2.75, 3.05) is 7.11 Å². The summed E-state index contributed by atoms with van der Waals surface area (Å²) in [6, 6.07) is 0. The molecule has 5 rings (SSSR count). The molecule has 158 valence electrons. The lowest BCUT2D eigenvalue weighted by atomic mass is 9.45. The number of hydrogen-bond donors (Lipinski definition) is 0. The minimum Gasteiger partial charge on any atom is -0.381 e. The first-order chi connectivity index (χ1) is 13.4. The molecule has 0 aromatic heterocycles. The smallest absolute Gasteiger partial charge is 0.0638 e. The minimum absolute atomic E-state index is 0.550. The van der Waals surface area contributed by atoms with Crippen LogP contribution in [0, 0.1) is 51.8 Å². The average Bonchev–Trinajstić information content (AvgIpc) is 3.18. The Morgan fingerprint density at radius 3 is 2.61 bits per heavy atom. The first-order valence-corrected chi connectivity index (χ1v) is 12.6. The van der Waals surface area contributed by atoms with Crippen LogP contribution in [-0.2, 0) is 4.74 Å². The van der Waals surface area contributed by atoms with Crippen LogP contribution in [0.4, 0.5) is 0 Å². The van der Waals surface area contributed by atoms with Gasteiger partial charge in [0, 0.05) is 12.5 Å². The van der Waals surface area contributed by atoms with Crippen LogP contribution in [0.3, 0.4) is 0 Å². The second-order valence-electron chi connectivity index (χ2n) is 12.0. The zero-order valence-electron chi connectivity index (χ0n) is 19.2. The zero-order chi connectivity index (χ0) is 19.7. The monoisotopic (exact) mass is 384 g/mol. The van der Waals surface area contributed by atoms with Crippen molar-refractivity contribution < 1.29 is 4.74 Å². The van der Waals surface area contributed by atoms with E-state index in [9.17, 15) is 0 Å². The molecule has 0 N–H and O–H groups in total. The Kier molecular flexibility index (Phi) is 4.63. The van der Waals surface area contributed by atoms with Gasteiger partial charge in [-0.25, -0.2) is 0 Å². The molecular formula is C27H44O. The maximum Gasteiger partial charge on any atom is 0.0638 e. The van der Waals surface area contributed by atoms with Crippen molar-refractivity contribution in [2.45, 2.75) is 98.0 Å². The molecule has 5 aliphatic carbocycles. The number of unbranched alkanes of at least 4 members (excludes halogenated alkanes) is 1. The summed E-state index contributed by atoms with van der Waals surface area (Å²) >= 11 is 0. The Balaban J connectivity index is 1.41. The summed E-state index contributed by atoms with van der Waals surface area (Å²) in [7, 11) is 2.02. The van der Waals surface area contributed by atoms with Crippen molar-refractivity contribution in [1.29, 1.82) is 0 Å². The van der Waals surface area contributed by atoms with Gasteiger partial charge in [0.15, 0.2) is 0 Å². The van der Waals surface area contributed by atoms with Gasteiger partial charge in [-0.15, -0.1) is 0 Å². The fourth-order valence-corrected chi connectivity index (χ4v) is 10.1. The number of allylic oxidation sites excluding steroid dienone is 2. The van der Waals surface area contributed by atoms with Crippen LogP contribution < -0.4 is 0 Å². The van der Waals surface area contributed by atoms with Gasteiger partial charge in [0.1, 0.15) is 0 Å². The lowest BCUT2D eigenvalue weighted by Gasteiger charge is -2.61. The van der Waals surface area contributed by atoms with Crippen LogP contribution >= 0.6 is 0 Å². The molecule has 1 spiro atoms. The van der Waals surface area contributed by atoms with Crippen molar-refractivity contribution in [3.05, 3.63) is 12.2 Å². The molecule has 1 nitrogen and oxygen atoms in total. The van der Waals surface area contributed by atoms with Crippen molar-refractivity contribution >= 4 is 0 Å². The standard InChI is InChI=1S/C27H44O/c1-6-7-8-9-18(2)21-10-11-22-20-16-24(28-5)27-17-19(27)12-15-26(27,4)23(20)13-14-25(21,22)3/h8-9,18-24H,6-7,10-17H2,1-5H3/b9-8+/t18-,19-,20+,21-,22+,23+,24-,25-,26-,27+/m1/s1. The Morgan fingerprint density at radius 2 is 1.89 bits per heavy atom. The molecule has 0 aromatic rings. The molecule has 0 unspecified atom stereocenters. The van der Waals surface area contributed by atoms with E-state index in [0.717, 1.165) is 35.5 Å². The summed E-state index contributed by atoms with van der Waals surface area (Å²) < 4.78 is 6.27. The third-order valence-electron chi connectivity index (χ3n) is 11.4. The van der Waals surface area contributed by atoms with E-state index in [1.807, 2.05) is 7.11 Å². The van der Waals surface area contributed by atoms with E-state index in [-0.39, 0.29) is 0 Å². The third-order valence-corrected chi connectivity index (χ3v) is 11.4. The predicted octanol–water partition coefficient (Wildman–Crippen LogP) is 7.26. The maximum atomic E-state index is 6.27. The normalized spacial score (nSPS) is 55.5. The molecule has 0 aromatic carbocycles. The molecule has 0 saturated heterocycles. The van der Waals surface area contributed by atoms with Gasteiger partial charge in [-0.05, 0) is 104 Å². The number of methoxy groups -OCH3 is 1. The molecule has 5 aliphatic rings. The molecule has 1 heteroatoms. The van der Waals surface area contributed by atoms with Crippen LogP contribution in [0.15, 0.2) is 12.2 Å². The zero-order valence-corrected chi connectivity index (χ0v) is 19.2.